The maximum absolute atomic E-state index is 13.4. The Morgan fingerprint density at radius 1 is 1.45 bits per heavy atom. The van der Waals surface area contributed by atoms with Crippen molar-refractivity contribution in [1.29, 1.82) is 0 Å². The van der Waals surface area contributed by atoms with Crippen LogP contribution in [0.5, 0.6) is 0 Å². The lowest BCUT2D eigenvalue weighted by atomic mass is 9.87. The summed E-state index contributed by atoms with van der Waals surface area (Å²) >= 11 is 0. The Balaban J connectivity index is 2.07. The second-order valence-electron chi connectivity index (χ2n) is 3.48. The zero-order chi connectivity index (χ0) is 7.73. The molecule has 2 fully saturated rings. The Morgan fingerprint density at radius 3 is 3.00 bits per heavy atom. The molecule has 0 bridgehead atoms. The summed E-state index contributed by atoms with van der Waals surface area (Å²) in [6.45, 7) is 1.97. The highest BCUT2D eigenvalue weighted by Gasteiger charge is 2.43. The van der Waals surface area contributed by atoms with Gasteiger partial charge in [0.25, 0.3) is 0 Å². The molecular formula is C8H14FNO. The standard InChI is InChI=1S/C8H14FNO/c9-7-6-11-5-3-8(7)2-1-4-10-8/h7,10H,1-6H2. The molecule has 2 unspecified atom stereocenters. The van der Waals surface area contributed by atoms with E-state index in [9.17, 15) is 4.39 Å². The third-order valence-electron chi connectivity index (χ3n) is 2.83. The molecule has 3 heteroatoms. The summed E-state index contributed by atoms with van der Waals surface area (Å²) < 4.78 is 18.4. The van der Waals surface area contributed by atoms with E-state index in [0.29, 0.717) is 6.61 Å². The monoisotopic (exact) mass is 159 g/mol. The van der Waals surface area contributed by atoms with Gasteiger partial charge in [-0.15, -0.1) is 0 Å². The molecule has 2 rings (SSSR count). The molecule has 0 aromatic rings. The maximum atomic E-state index is 13.4. The summed E-state index contributed by atoms with van der Waals surface area (Å²) in [6.07, 6.45) is 2.14. The molecule has 0 aliphatic carbocycles. The van der Waals surface area contributed by atoms with Crippen molar-refractivity contribution in [3.05, 3.63) is 0 Å². The topological polar surface area (TPSA) is 21.3 Å². The highest BCUT2D eigenvalue weighted by Crippen LogP contribution is 2.31. The third kappa shape index (κ3) is 1.16. The number of hydrogen-bond donors (Lipinski definition) is 1. The minimum absolute atomic E-state index is 0.210. The smallest absolute Gasteiger partial charge is 0.141 e. The summed E-state index contributed by atoms with van der Waals surface area (Å²) in [5.41, 5.74) is -0.210. The molecule has 0 saturated carbocycles. The molecule has 2 atom stereocenters. The zero-order valence-corrected chi connectivity index (χ0v) is 6.61. The fourth-order valence-corrected chi connectivity index (χ4v) is 2.07. The highest BCUT2D eigenvalue weighted by molar-refractivity contribution is 5.00. The van der Waals surface area contributed by atoms with E-state index >= 15 is 0 Å². The van der Waals surface area contributed by atoms with Crippen LogP contribution in [0.2, 0.25) is 0 Å². The molecule has 0 aromatic carbocycles. The number of ether oxygens (including phenoxy) is 1. The Kier molecular flexibility index (Phi) is 1.85. The normalized spacial score (nSPS) is 45.0. The summed E-state index contributed by atoms with van der Waals surface area (Å²) in [7, 11) is 0. The van der Waals surface area contributed by atoms with Gasteiger partial charge in [0.05, 0.1) is 12.1 Å². The van der Waals surface area contributed by atoms with Gasteiger partial charge in [0.1, 0.15) is 6.17 Å². The largest absolute Gasteiger partial charge is 0.378 e. The zero-order valence-electron chi connectivity index (χ0n) is 6.61. The maximum Gasteiger partial charge on any atom is 0.141 e. The average molecular weight is 159 g/mol. The van der Waals surface area contributed by atoms with Crippen molar-refractivity contribution in [2.75, 3.05) is 19.8 Å². The van der Waals surface area contributed by atoms with E-state index < -0.39 is 6.17 Å². The second kappa shape index (κ2) is 2.72. The first-order valence-electron chi connectivity index (χ1n) is 4.30. The van der Waals surface area contributed by atoms with Gasteiger partial charge in [0.15, 0.2) is 0 Å². The van der Waals surface area contributed by atoms with Crippen molar-refractivity contribution in [1.82, 2.24) is 5.32 Å². The predicted octanol–water partition coefficient (Wildman–Crippen LogP) is 0.867. The number of halogens is 1. The fraction of sp³-hybridized carbons (Fsp3) is 1.00. The first-order valence-corrected chi connectivity index (χ1v) is 4.30. The first-order chi connectivity index (χ1) is 5.33. The Bertz CT molecular complexity index is 145. The van der Waals surface area contributed by atoms with Crippen molar-refractivity contribution in [2.45, 2.75) is 31.0 Å². The van der Waals surface area contributed by atoms with Gasteiger partial charge < -0.3 is 10.1 Å². The average Bonchev–Trinajstić information content (AvgIpc) is 2.46. The molecule has 2 nitrogen and oxygen atoms in total. The Hall–Kier alpha value is -0.150. The summed E-state index contributed by atoms with van der Waals surface area (Å²) in [5.74, 6) is 0. The minimum atomic E-state index is -0.793. The van der Waals surface area contributed by atoms with Crippen molar-refractivity contribution in [2.24, 2.45) is 0 Å². The van der Waals surface area contributed by atoms with Crippen LogP contribution in [-0.4, -0.2) is 31.5 Å². The molecule has 64 valence electrons. The molecule has 0 radical (unpaired) electrons. The fourth-order valence-electron chi connectivity index (χ4n) is 2.07. The van der Waals surface area contributed by atoms with Crippen LogP contribution in [0.1, 0.15) is 19.3 Å². The molecule has 2 aliphatic heterocycles. The molecule has 2 heterocycles. The van der Waals surface area contributed by atoms with Crippen LogP contribution >= 0.6 is 0 Å². The van der Waals surface area contributed by atoms with Crippen LogP contribution in [0, 0.1) is 0 Å². The highest BCUT2D eigenvalue weighted by atomic mass is 19.1. The van der Waals surface area contributed by atoms with Gasteiger partial charge in [-0.1, -0.05) is 0 Å². The van der Waals surface area contributed by atoms with Crippen LogP contribution in [0.4, 0.5) is 4.39 Å². The van der Waals surface area contributed by atoms with Gasteiger partial charge in [-0.25, -0.2) is 4.39 Å². The van der Waals surface area contributed by atoms with Crippen molar-refractivity contribution in [3.8, 4) is 0 Å². The number of nitrogens with one attached hydrogen (secondary N) is 1. The Morgan fingerprint density at radius 2 is 2.36 bits per heavy atom. The first kappa shape index (κ1) is 7.50. The van der Waals surface area contributed by atoms with E-state index in [2.05, 4.69) is 5.32 Å². The molecule has 2 saturated heterocycles. The predicted molar refractivity (Wildman–Crippen MR) is 40.3 cm³/mol. The Labute approximate surface area is 66.1 Å². The molecule has 0 amide bonds. The minimum Gasteiger partial charge on any atom is -0.378 e. The number of alkyl halides is 1. The van der Waals surface area contributed by atoms with Gasteiger partial charge in [0, 0.05) is 6.61 Å². The molecular weight excluding hydrogens is 145 g/mol. The van der Waals surface area contributed by atoms with Crippen LogP contribution in [-0.2, 0) is 4.74 Å². The van der Waals surface area contributed by atoms with Crippen molar-refractivity contribution in [3.63, 3.8) is 0 Å². The van der Waals surface area contributed by atoms with Gasteiger partial charge in [-0.3, -0.25) is 0 Å². The number of hydrogen-bond acceptors (Lipinski definition) is 2. The van der Waals surface area contributed by atoms with E-state index in [1.54, 1.807) is 0 Å². The van der Waals surface area contributed by atoms with Crippen molar-refractivity contribution < 1.29 is 9.13 Å². The van der Waals surface area contributed by atoms with Gasteiger partial charge in [0.2, 0.25) is 0 Å². The van der Waals surface area contributed by atoms with Crippen LogP contribution in [0.25, 0.3) is 0 Å². The van der Waals surface area contributed by atoms with E-state index in [4.69, 9.17) is 4.74 Å². The lowest BCUT2D eigenvalue weighted by Crippen LogP contribution is -2.53. The molecule has 1 N–H and O–H groups in total. The van der Waals surface area contributed by atoms with Crippen LogP contribution in [0.15, 0.2) is 0 Å². The quantitative estimate of drug-likeness (QED) is 0.566. The SMILES string of the molecule is FC1COCCC12CCCN2. The van der Waals surface area contributed by atoms with E-state index in [1.807, 2.05) is 0 Å². The summed E-state index contributed by atoms with van der Waals surface area (Å²) in [5, 5.41) is 3.27. The second-order valence-corrected chi connectivity index (χ2v) is 3.48. The molecule has 1 spiro atoms. The van der Waals surface area contributed by atoms with Crippen molar-refractivity contribution >= 4 is 0 Å². The van der Waals surface area contributed by atoms with Gasteiger partial charge in [-0.05, 0) is 25.8 Å². The lowest BCUT2D eigenvalue weighted by Gasteiger charge is -2.36. The third-order valence-corrected chi connectivity index (χ3v) is 2.83. The van der Waals surface area contributed by atoms with Gasteiger partial charge >= 0.3 is 0 Å². The van der Waals surface area contributed by atoms with Crippen LogP contribution < -0.4 is 5.32 Å². The van der Waals surface area contributed by atoms with Crippen LogP contribution in [0.3, 0.4) is 0 Å². The molecule has 11 heavy (non-hydrogen) atoms. The molecule has 2 aliphatic rings. The molecule has 0 aromatic heterocycles. The van der Waals surface area contributed by atoms with E-state index in [0.717, 1.165) is 25.8 Å². The van der Waals surface area contributed by atoms with Gasteiger partial charge in [-0.2, -0.15) is 0 Å². The lowest BCUT2D eigenvalue weighted by molar-refractivity contribution is -0.0235. The summed E-state index contributed by atoms with van der Waals surface area (Å²) in [4.78, 5) is 0. The van der Waals surface area contributed by atoms with E-state index in [-0.39, 0.29) is 12.1 Å². The van der Waals surface area contributed by atoms with E-state index in [1.165, 1.54) is 0 Å². The summed E-state index contributed by atoms with van der Waals surface area (Å²) in [6, 6.07) is 0. The number of rotatable bonds is 0.